The zero-order valence-corrected chi connectivity index (χ0v) is 14.3. The Labute approximate surface area is 147 Å². The third-order valence-corrected chi connectivity index (χ3v) is 3.84. The standard InChI is InChI=1S/C17H17BrFNO4/c18-12-4-6-13(7-5-12)20-17(23)24-16(2-1-9-21)11-3-8-15(22)14(19)10-11/h3-8,10,16,21-22H,1-2,9H2,(H,20,23)/t16-/m1/s1. The molecule has 2 aromatic rings. The van der Waals surface area contributed by atoms with Crippen LogP contribution in [0.5, 0.6) is 5.75 Å². The summed E-state index contributed by atoms with van der Waals surface area (Å²) < 4.78 is 19.7. The molecule has 0 aliphatic heterocycles. The van der Waals surface area contributed by atoms with E-state index in [1.807, 2.05) is 0 Å². The molecule has 2 aromatic carbocycles. The van der Waals surface area contributed by atoms with E-state index in [-0.39, 0.29) is 6.61 Å². The highest BCUT2D eigenvalue weighted by Gasteiger charge is 2.18. The lowest BCUT2D eigenvalue weighted by molar-refractivity contribution is 0.0992. The fourth-order valence-electron chi connectivity index (χ4n) is 2.10. The number of aliphatic hydroxyl groups excluding tert-OH is 1. The first kappa shape index (κ1) is 18.2. The van der Waals surface area contributed by atoms with E-state index >= 15 is 0 Å². The van der Waals surface area contributed by atoms with Crippen LogP contribution in [0.4, 0.5) is 14.9 Å². The summed E-state index contributed by atoms with van der Waals surface area (Å²) >= 11 is 3.30. The number of benzene rings is 2. The number of halogens is 2. The van der Waals surface area contributed by atoms with E-state index in [4.69, 9.17) is 9.84 Å². The normalized spacial score (nSPS) is 11.8. The molecule has 2 rings (SSSR count). The molecule has 1 atom stereocenters. The molecule has 0 spiro atoms. The van der Waals surface area contributed by atoms with Gasteiger partial charge in [-0.3, -0.25) is 5.32 Å². The minimum atomic E-state index is -0.793. The molecule has 0 heterocycles. The highest BCUT2D eigenvalue weighted by atomic mass is 79.9. The average molecular weight is 398 g/mol. The van der Waals surface area contributed by atoms with Crippen LogP contribution in [0.25, 0.3) is 0 Å². The monoisotopic (exact) mass is 397 g/mol. The van der Waals surface area contributed by atoms with E-state index in [0.29, 0.717) is 24.1 Å². The van der Waals surface area contributed by atoms with Gasteiger partial charge in [0.05, 0.1) is 0 Å². The fraction of sp³-hybridized carbons (Fsp3) is 0.235. The van der Waals surface area contributed by atoms with E-state index < -0.39 is 23.8 Å². The zero-order valence-electron chi connectivity index (χ0n) is 12.7. The van der Waals surface area contributed by atoms with Crippen molar-refractivity contribution in [3.63, 3.8) is 0 Å². The molecule has 0 saturated carbocycles. The number of aromatic hydroxyl groups is 1. The largest absolute Gasteiger partial charge is 0.505 e. The van der Waals surface area contributed by atoms with Gasteiger partial charge in [-0.1, -0.05) is 22.0 Å². The Morgan fingerprint density at radius 1 is 1.25 bits per heavy atom. The molecular weight excluding hydrogens is 381 g/mol. The van der Waals surface area contributed by atoms with Crippen LogP contribution in [0.1, 0.15) is 24.5 Å². The van der Waals surface area contributed by atoms with Crippen molar-refractivity contribution in [3.05, 3.63) is 58.3 Å². The second-order valence-electron chi connectivity index (χ2n) is 5.10. The molecule has 7 heteroatoms. The van der Waals surface area contributed by atoms with Crippen LogP contribution in [0.2, 0.25) is 0 Å². The summed E-state index contributed by atoms with van der Waals surface area (Å²) in [7, 11) is 0. The van der Waals surface area contributed by atoms with Crippen LogP contribution in [-0.2, 0) is 4.74 Å². The molecule has 0 fully saturated rings. The van der Waals surface area contributed by atoms with E-state index in [0.717, 1.165) is 10.5 Å². The number of anilines is 1. The summed E-state index contributed by atoms with van der Waals surface area (Å²) in [6.07, 6.45) is -0.704. The molecule has 0 aromatic heterocycles. The van der Waals surface area contributed by atoms with E-state index in [1.54, 1.807) is 24.3 Å². The topological polar surface area (TPSA) is 78.8 Å². The van der Waals surface area contributed by atoms with Gasteiger partial charge in [0.2, 0.25) is 0 Å². The first-order valence-corrected chi connectivity index (χ1v) is 8.11. The number of phenolic OH excluding ortho intramolecular Hbond substituents is 1. The van der Waals surface area contributed by atoms with Crippen molar-refractivity contribution in [3.8, 4) is 5.75 Å². The smallest absolute Gasteiger partial charge is 0.412 e. The number of hydrogen-bond donors (Lipinski definition) is 3. The number of amides is 1. The molecule has 1 amide bonds. The minimum absolute atomic E-state index is 0.0746. The van der Waals surface area contributed by atoms with Gasteiger partial charge in [-0.25, -0.2) is 9.18 Å². The predicted octanol–water partition coefficient (Wildman–Crippen LogP) is 4.36. The van der Waals surface area contributed by atoms with Gasteiger partial charge in [0.15, 0.2) is 11.6 Å². The molecule has 3 N–H and O–H groups in total. The Bertz CT molecular complexity index is 693. The number of aliphatic hydroxyl groups is 1. The third kappa shape index (κ3) is 5.21. The van der Waals surface area contributed by atoms with Crippen LogP contribution < -0.4 is 5.32 Å². The maximum Gasteiger partial charge on any atom is 0.412 e. The molecule has 5 nitrogen and oxygen atoms in total. The van der Waals surface area contributed by atoms with Crippen molar-refractivity contribution in [2.45, 2.75) is 18.9 Å². The van der Waals surface area contributed by atoms with E-state index in [2.05, 4.69) is 21.2 Å². The maximum absolute atomic E-state index is 13.5. The van der Waals surface area contributed by atoms with Gasteiger partial charge in [0, 0.05) is 16.8 Å². The number of ether oxygens (including phenoxy) is 1. The van der Waals surface area contributed by atoms with Crippen molar-refractivity contribution < 1.29 is 24.1 Å². The summed E-state index contributed by atoms with van der Waals surface area (Å²) in [6, 6.07) is 10.7. The summed E-state index contributed by atoms with van der Waals surface area (Å²) in [5.74, 6) is -1.27. The molecule has 0 aliphatic carbocycles. The lowest BCUT2D eigenvalue weighted by Crippen LogP contribution is -2.18. The highest BCUT2D eigenvalue weighted by Crippen LogP contribution is 2.27. The van der Waals surface area contributed by atoms with Crippen LogP contribution >= 0.6 is 15.9 Å². The lowest BCUT2D eigenvalue weighted by Gasteiger charge is -2.18. The van der Waals surface area contributed by atoms with Crippen molar-refractivity contribution in [1.29, 1.82) is 0 Å². The Kier molecular flexibility index (Phi) is 6.57. The van der Waals surface area contributed by atoms with Crippen LogP contribution in [0.3, 0.4) is 0 Å². The SMILES string of the molecule is O=C(Nc1ccc(Br)cc1)O[C@H](CCCO)c1ccc(O)c(F)c1. The van der Waals surface area contributed by atoms with Gasteiger partial charge in [-0.05, 0) is 54.8 Å². The number of hydrogen-bond acceptors (Lipinski definition) is 4. The van der Waals surface area contributed by atoms with Gasteiger partial charge >= 0.3 is 6.09 Å². The molecule has 24 heavy (non-hydrogen) atoms. The van der Waals surface area contributed by atoms with Crippen LogP contribution in [0, 0.1) is 5.82 Å². The summed E-state index contributed by atoms with van der Waals surface area (Å²) in [5, 5.41) is 20.8. The maximum atomic E-state index is 13.5. The average Bonchev–Trinajstić information content (AvgIpc) is 2.56. The van der Waals surface area contributed by atoms with Crippen molar-refractivity contribution in [2.75, 3.05) is 11.9 Å². The summed E-state index contributed by atoms with van der Waals surface area (Å²) in [4.78, 5) is 12.0. The molecule has 0 saturated heterocycles. The Morgan fingerprint density at radius 2 is 1.96 bits per heavy atom. The predicted molar refractivity (Wildman–Crippen MR) is 91.4 cm³/mol. The number of rotatable bonds is 6. The Balaban J connectivity index is 2.08. The fourth-order valence-corrected chi connectivity index (χ4v) is 2.37. The van der Waals surface area contributed by atoms with Gasteiger partial charge < -0.3 is 14.9 Å². The van der Waals surface area contributed by atoms with E-state index in [9.17, 15) is 14.3 Å². The number of carbonyl (C=O) groups is 1. The number of nitrogens with one attached hydrogen (secondary N) is 1. The summed E-state index contributed by atoms with van der Waals surface area (Å²) in [6.45, 7) is -0.0746. The number of phenols is 1. The first-order valence-electron chi connectivity index (χ1n) is 7.32. The van der Waals surface area contributed by atoms with E-state index in [1.165, 1.54) is 12.1 Å². The lowest BCUT2D eigenvalue weighted by atomic mass is 10.0. The van der Waals surface area contributed by atoms with Gasteiger partial charge in [0.1, 0.15) is 6.10 Å². The molecule has 0 aliphatic rings. The second kappa shape index (κ2) is 8.65. The molecule has 0 radical (unpaired) electrons. The highest BCUT2D eigenvalue weighted by molar-refractivity contribution is 9.10. The van der Waals surface area contributed by atoms with Gasteiger partial charge in [0.25, 0.3) is 0 Å². The second-order valence-corrected chi connectivity index (χ2v) is 6.02. The Hall–Kier alpha value is -2.12. The minimum Gasteiger partial charge on any atom is -0.505 e. The molecule has 128 valence electrons. The van der Waals surface area contributed by atoms with Crippen LogP contribution in [-0.4, -0.2) is 22.9 Å². The molecule has 0 unspecified atom stereocenters. The van der Waals surface area contributed by atoms with Gasteiger partial charge in [-0.2, -0.15) is 0 Å². The van der Waals surface area contributed by atoms with Crippen LogP contribution in [0.15, 0.2) is 46.9 Å². The summed E-state index contributed by atoms with van der Waals surface area (Å²) in [5.41, 5.74) is 0.964. The quantitative estimate of drug-likeness (QED) is 0.676. The zero-order chi connectivity index (χ0) is 17.5. The van der Waals surface area contributed by atoms with Crippen molar-refractivity contribution >= 4 is 27.7 Å². The number of carbonyl (C=O) groups excluding carboxylic acids is 1. The molecule has 0 bridgehead atoms. The first-order chi connectivity index (χ1) is 11.5. The van der Waals surface area contributed by atoms with Crippen molar-refractivity contribution in [1.82, 2.24) is 0 Å². The Morgan fingerprint density at radius 3 is 2.58 bits per heavy atom. The molecular formula is C17H17BrFNO4. The third-order valence-electron chi connectivity index (χ3n) is 3.31. The van der Waals surface area contributed by atoms with Crippen molar-refractivity contribution in [2.24, 2.45) is 0 Å². The van der Waals surface area contributed by atoms with Gasteiger partial charge in [-0.15, -0.1) is 0 Å².